The third-order valence-electron chi connectivity index (χ3n) is 6.68. The highest BCUT2D eigenvalue weighted by Gasteiger charge is 2.21. The number of benzene rings is 2. The predicted octanol–water partition coefficient (Wildman–Crippen LogP) is 7.12. The molecule has 1 aliphatic rings. The molecule has 2 aromatic carbocycles. The lowest BCUT2D eigenvalue weighted by atomic mass is 9.85. The summed E-state index contributed by atoms with van der Waals surface area (Å²) in [5, 5.41) is 0. The average molecular weight is 453 g/mol. The highest BCUT2D eigenvalue weighted by atomic mass is 16.5. The molecule has 0 N–H and O–H groups in total. The van der Waals surface area contributed by atoms with E-state index in [1.807, 2.05) is 24.3 Å². The molecule has 0 radical (unpaired) electrons. The number of esters is 1. The number of ether oxygens (including phenoxy) is 3. The summed E-state index contributed by atoms with van der Waals surface area (Å²) in [5.74, 6) is 0.419. The highest BCUT2D eigenvalue weighted by molar-refractivity contribution is 5.97. The van der Waals surface area contributed by atoms with Crippen molar-refractivity contribution in [3.05, 3.63) is 59.2 Å². The van der Waals surface area contributed by atoms with Crippen molar-refractivity contribution in [1.82, 2.24) is 0 Å². The van der Waals surface area contributed by atoms with Crippen LogP contribution in [0.2, 0.25) is 0 Å². The first-order valence-electron chi connectivity index (χ1n) is 12.6. The summed E-state index contributed by atoms with van der Waals surface area (Å²) in [6.07, 6.45) is 10.0. The highest BCUT2D eigenvalue weighted by Crippen LogP contribution is 2.30. The molecule has 3 rings (SSSR count). The zero-order chi connectivity index (χ0) is 23.5. The van der Waals surface area contributed by atoms with Crippen molar-refractivity contribution in [1.29, 1.82) is 0 Å². The number of hydrogen-bond acceptors (Lipinski definition) is 4. The SMILES string of the molecule is CCCCOC[C@H](CC1CCCCC1)OCc1ccc(C(=O)OC)c(-c2ccccc2C)c1. The van der Waals surface area contributed by atoms with Gasteiger partial charge in [0, 0.05) is 6.61 Å². The van der Waals surface area contributed by atoms with Crippen LogP contribution in [0, 0.1) is 12.8 Å². The van der Waals surface area contributed by atoms with Gasteiger partial charge < -0.3 is 14.2 Å². The molecule has 0 amide bonds. The topological polar surface area (TPSA) is 44.8 Å². The molecule has 1 saturated carbocycles. The minimum atomic E-state index is -0.319. The van der Waals surface area contributed by atoms with Gasteiger partial charge in [-0.25, -0.2) is 4.79 Å². The molecular weight excluding hydrogens is 412 g/mol. The van der Waals surface area contributed by atoms with Crippen LogP contribution in [-0.2, 0) is 20.8 Å². The number of methoxy groups -OCH3 is 1. The Labute approximate surface area is 199 Å². The minimum Gasteiger partial charge on any atom is -0.465 e. The van der Waals surface area contributed by atoms with Crippen molar-refractivity contribution in [2.75, 3.05) is 20.3 Å². The number of aryl methyl sites for hydroxylation is 1. The maximum Gasteiger partial charge on any atom is 0.338 e. The molecule has 0 heterocycles. The van der Waals surface area contributed by atoms with Gasteiger partial charge >= 0.3 is 5.97 Å². The van der Waals surface area contributed by atoms with Gasteiger partial charge in [-0.1, -0.05) is 75.8 Å². The summed E-state index contributed by atoms with van der Waals surface area (Å²) < 4.78 is 17.4. The van der Waals surface area contributed by atoms with Gasteiger partial charge in [0.1, 0.15) is 0 Å². The van der Waals surface area contributed by atoms with E-state index >= 15 is 0 Å². The summed E-state index contributed by atoms with van der Waals surface area (Å²) in [6.45, 7) is 6.21. The zero-order valence-electron chi connectivity index (χ0n) is 20.6. The van der Waals surface area contributed by atoms with Crippen molar-refractivity contribution in [3.63, 3.8) is 0 Å². The second-order valence-electron chi connectivity index (χ2n) is 9.29. The van der Waals surface area contributed by atoms with E-state index in [2.05, 4.69) is 32.0 Å². The van der Waals surface area contributed by atoms with Crippen LogP contribution in [0.1, 0.15) is 79.8 Å². The van der Waals surface area contributed by atoms with Gasteiger partial charge in [0.25, 0.3) is 0 Å². The van der Waals surface area contributed by atoms with Crippen LogP contribution in [0.5, 0.6) is 0 Å². The molecule has 1 aliphatic carbocycles. The van der Waals surface area contributed by atoms with E-state index in [9.17, 15) is 4.79 Å². The van der Waals surface area contributed by atoms with E-state index in [4.69, 9.17) is 14.2 Å². The fourth-order valence-electron chi connectivity index (χ4n) is 4.72. The van der Waals surface area contributed by atoms with Crippen molar-refractivity contribution in [3.8, 4) is 11.1 Å². The average Bonchev–Trinajstić information content (AvgIpc) is 2.85. The molecule has 0 bridgehead atoms. The molecule has 0 spiro atoms. The molecular formula is C29H40O4. The van der Waals surface area contributed by atoms with Crippen LogP contribution in [0.3, 0.4) is 0 Å². The molecule has 4 heteroatoms. The van der Waals surface area contributed by atoms with E-state index in [0.29, 0.717) is 18.8 Å². The van der Waals surface area contributed by atoms with E-state index in [-0.39, 0.29) is 12.1 Å². The number of carbonyl (C=O) groups is 1. The first-order valence-corrected chi connectivity index (χ1v) is 12.6. The Morgan fingerprint density at radius 1 is 1.06 bits per heavy atom. The molecule has 33 heavy (non-hydrogen) atoms. The van der Waals surface area contributed by atoms with Crippen LogP contribution >= 0.6 is 0 Å². The number of unbranched alkanes of at least 4 members (excludes halogenated alkanes) is 1. The molecule has 0 aliphatic heterocycles. The summed E-state index contributed by atoms with van der Waals surface area (Å²) in [4.78, 5) is 12.4. The normalized spacial score (nSPS) is 15.4. The summed E-state index contributed by atoms with van der Waals surface area (Å²) in [7, 11) is 1.43. The number of rotatable bonds is 12. The van der Waals surface area contributed by atoms with E-state index in [1.54, 1.807) is 0 Å². The number of hydrogen-bond donors (Lipinski definition) is 0. The standard InChI is InChI=1S/C29H40O4/c1-4-5-17-32-21-25(18-23-12-7-6-8-13-23)33-20-24-15-16-27(29(30)31-3)28(19-24)26-14-10-9-11-22(26)2/h9-11,14-16,19,23,25H,4-8,12-13,17-18,20-21H2,1-3H3/t25-/m0/s1. The molecule has 1 atom stereocenters. The van der Waals surface area contributed by atoms with Gasteiger partial charge in [-0.3, -0.25) is 0 Å². The summed E-state index contributed by atoms with van der Waals surface area (Å²) >= 11 is 0. The van der Waals surface area contributed by atoms with Gasteiger partial charge in [0.05, 0.1) is 32.0 Å². The Kier molecular flexibility index (Phi) is 10.4. The maximum absolute atomic E-state index is 12.4. The van der Waals surface area contributed by atoms with Crippen molar-refractivity contribution >= 4 is 5.97 Å². The van der Waals surface area contributed by atoms with E-state index in [1.165, 1.54) is 39.2 Å². The lowest BCUT2D eigenvalue weighted by Gasteiger charge is -2.27. The Morgan fingerprint density at radius 3 is 2.58 bits per heavy atom. The number of carbonyl (C=O) groups excluding carboxylic acids is 1. The van der Waals surface area contributed by atoms with Gasteiger partial charge in [-0.05, 0) is 60.1 Å². The summed E-state index contributed by atoms with van der Waals surface area (Å²) in [5.41, 5.74) is 4.70. The van der Waals surface area contributed by atoms with Crippen LogP contribution < -0.4 is 0 Å². The molecule has 2 aromatic rings. The van der Waals surface area contributed by atoms with Crippen molar-refractivity contribution in [2.24, 2.45) is 5.92 Å². The Balaban J connectivity index is 1.74. The first kappa shape index (κ1) is 25.5. The monoisotopic (exact) mass is 452 g/mol. The second kappa shape index (κ2) is 13.5. The molecule has 4 nitrogen and oxygen atoms in total. The quantitative estimate of drug-likeness (QED) is 0.254. The first-order chi connectivity index (χ1) is 16.1. The Morgan fingerprint density at radius 2 is 1.85 bits per heavy atom. The van der Waals surface area contributed by atoms with Gasteiger partial charge in [-0.2, -0.15) is 0 Å². The largest absolute Gasteiger partial charge is 0.465 e. The lowest BCUT2D eigenvalue weighted by Crippen LogP contribution is -2.25. The fraction of sp³-hybridized carbons (Fsp3) is 0.552. The van der Waals surface area contributed by atoms with Crippen LogP contribution in [0.25, 0.3) is 11.1 Å². The molecule has 0 unspecified atom stereocenters. The van der Waals surface area contributed by atoms with Crippen LogP contribution in [0.4, 0.5) is 0 Å². The van der Waals surface area contributed by atoms with Gasteiger partial charge in [0.15, 0.2) is 0 Å². The lowest BCUT2D eigenvalue weighted by molar-refractivity contribution is -0.0385. The third kappa shape index (κ3) is 7.68. The van der Waals surface area contributed by atoms with Crippen LogP contribution in [0.15, 0.2) is 42.5 Å². The van der Waals surface area contributed by atoms with Crippen molar-refractivity contribution in [2.45, 2.75) is 77.9 Å². The molecule has 180 valence electrons. The Bertz CT molecular complexity index is 870. The molecule has 0 saturated heterocycles. The maximum atomic E-state index is 12.4. The van der Waals surface area contributed by atoms with Crippen molar-refractivity contribution < 1.29 is 19.0 Å². The van der Waals surface area contributed by atoms with E-state index < -0.39 is 0 Å². The third-order valence-corrected chi connectivity index (χ3v) is 6.68. The minimum absolute atomic E-state index is 0.104. The van der Waals surface area contributed by atoms with Gasteiger partial charge in [-0.15, -0.1) is 0 Å². The molecule has 1 fully saturated rings. The zero-order valence-corrected chi connectivity index (χ0v) is 20.6. The Hall–Kier alpha value is -2.17. The molecule has 0 aromatic heterocycles. The van der Waals surface area contributed by atoms with Crippen LogP contribution in [-0.4, -0.2) is 32.4 Å². The predicted molar refractivity (Wildman–Crippen MR) is 133 cm³/mol. The summed E-state index contributed by atoms with van der Waals surface area (Å²) in [6, 6.07) is 14.0. The van der Waals surface area contributed by atoms with E-state index in [0.717, 1.165) is 54.0 Å². The smallest absolute Gasteiger partial charge is 0.338 e. The van der Waals surface area contributed by atoms with Gasteiger partial charge in [0.2, 0.25) is 0 Å². The second-order valence-corrected chi connectivity index (χ2v) is 9.29. The fourth-order valence-corrected chi connectivity index (χ4v) is 4.72.